The highest BCUT2D eigenvalue weighted by Gasteiger charge is 2.18. The Bertz CT molecular complexity index is 781. The molecule has 7 nitrogen and oxygen atoms in total. The molecule has 142 valence electrons. The second-order valence-corrected chi connectivity index (χ2v) is 5.63. The number of amides is 2. The molecule has 8 heteroatoms. The van der Waals surface area contributed by atoms with Crippen LogP contribution in [0.1, 0.15) is 22.8 Å². The number of likely N-dealkylation sites (N-methyl/N-ethyl adjacent to an activating group) is 1. The average Bonchev–Trinajstić information content (AvgIpc) is 2.70. The van der Waals surface area contributed by atoms with Crippen molar-refractivity contribution in [2.75, 3.05) is 19.7 Å². The minimum atomic E-state index is -0.659. The molecular weight excluding hydrogens is 353 g/mol. The third-order valence-electron chi connectivity index (χ3n) is 3.70. The number of carbonyl (C=O) groups is 3. The van der Waals surface area contributed by atoms with Crippen molar-refractivity contribution < 1.29 is 23.5 Å². The lowest BCUT2D eigenvalue weighted by Gasteiger charge is -2.20. The number of hydrogen-bond acceptors (Lipinski definition) is 5. The molecule has 2 aromatic rings. The standard InChI is InChI=1S/C19H20FN3O4/c1-2-23(12-17(24)22-10-14-5-7-16(20)8-6-14)18(25)13-27-19(26)15-4-3-9-21-11-15/h3-9,11H,2,10,12-13H2,1H3,(H,22,24). The van der Waals surface area contributed by atoms with Crippen molar-refractivity contribution >= 4 is 17.8 Å². The molecule has 0 radical (unpaired) electrons. The monoisotopic (exact) mass is 373 g/mol. The van der Waals surface area contributed by atoms with E-state index in [9.17, 15) is 18.8 Å². The van der Waals surface area contributed by atoms with Gasteiger partial charge in [0.25, 0.3) is 5.91 Å². The van der Waals surface area contributed by atoms with E-state index in [1.807, 2.05) is 0 Å². The van der Waals surface area contributed by atoms with Crippen molar-refractivity contribution in [3.8, 4) is 0 Å². The number of nitrogens with one attached hydrogen (secondary N) is 1. The van der Waals surface area contributed by atoms with Crippen LogP contribution in [0.2, 0.25) is 0 Å². The number of pyridine rings is 1. The molecule has 1 aromatic carbocycles. The van der Waals surface area contributed by atoms with Gasteiger partial charge in [-0.25, -0.2) is 9.18 Å². The summed E-state index contributed by atoms with van der Waals surface area (Å²) in [6, 6.07) is 8.86. The van der Waals surface area contributed by atoms with Crippen LogP contribution in [0.5, 0.6) is 0 Å². The van der Waals surface area contributed by atoms with E-state index in [1.54, 1.807) is 25.1 Å². The zero-order chi connectivity index (χ0) is 19.6. The predicted molar refractivity (Wildman–Crippen MR) is 95.0 cm³/mol. The first kappa shape index (κ1) is 20.0. The van der Waals surface area contributed by atoms with Gasteiger partial charge in [0, 0.05) is 25.5 Å². The van der Waals surface area contributed by atoms with E-state index >= 15 is 0 Å². The van der Waals surface area contributed by atoms with Crippen molar-refractivity contribution in [3.63, 3.8) is 0 Å². The highest BCUT2D eigenvalue weighted by molar-refractivity contribution is 5.91. The number of esters is 1. The molecule has 0 atom stereocenters. The lowest BCUT2D eigenvalue weighted by Crippen LogP contribution is -2.42. The van der Waals surface area contributed by atoms with Crippen LogP contribution in [-0.2, 0) is 20.9 Å². The highest BCUT2D eigenvalue weighted by atomic mass is 19.1. The molecule has 2 amide bonds. The summed E-state index contributed by atoms with van der Waals surface area (Å²) in [4.78, 5) is 41.1. The van der Waals surface area contributed by atoms with Crippen LogP contribution in [0.3, 0.4) is 0 Å². The third-order valence-corrected chi connectivity index (χ3v) is 3.70. The SMILES string of the molecule is CCN(CC(=O)NCc1ccc(F)cc1)C(=O)COC(=O)c1cccnc1. The smallest absolute Gasteiger partial charge is 0.340 e. The van der Waals surface area contributed by atoms with E-state index in [2.05, 4.69) is 10.3 Å². The summed E-state index contributed by atoms with van der Waals surface area (Å²) < 4.78 is 17.8. The first-order valence-corrected chi connectivity index (χ1v) is 8.35. The van der Waals surface area contributed by atoms with Gasteiger partial charge >= 0.3 is 5.97 Å². The van der Waals surface area contributed by atoms with Crippen molar-refractivity contribution in [1.29, 1.82) is 0 Å². The summed E-state index contributed by atoms with van der Waals surface area (Å²) in [6.45, 7) is 1.59. The third kappa shape index (κ3) is 6.50. The number of aromatic nitrogens is 1. The summed E-state index contributed by atoms with van der Waals surface area (Å²) in [7, 11) is 0. The first-order valence-electron chi connectivity index (χ1n) is 8.35. The van der Waals surface area contributed by atoms with Gasteiger partial charge in [-0.1, -0.05) is 12.1 Å². The molecule has 1 N–H and O–H groups in total. The number of benzene rings is 1. The second kappa shape index (κ2) is 10.0. The molecular formula is C19H20FN3O4. The largest absolute Gasteiger partial charge is 0.452 e. The van der Waals surface area contributed by atoms with Crippen LogP contribution in [0, 0.1) is 5.82 Å². The number of rotatable bonds is 8. The maximum absolute atomic E-state index is 12.9. The molecule has 0 aliphatic carbocycles. The van der Waals surface area contributed by atoms with Crippen LogP contribution in [0.25, 0.3) is 0 Å². The molecule has 0 saturated heterocycles. The quantitative estimate of drug-likeness (QED) is 0.709. The summed E-state index contributed by atoms with van der Waals surface area (Å²) in [5.74, 6) is -1.86. The molecule has 0 spiro atoms. The Kier molecular flexibility index (Phi) is 7.42. The summed E-state index contributed by atoms with van der Waals surface area (Å²) in [5.41, 5.74) is 0.981. The Morgan fingerprint density at radius 2 is 1.93 bits per heavy atom. The number of ether oxygens (including phenoxy) is 1. The van der Waals surface area contributed by atoms with Crippen LogP contribution >= 0.6 is 0 Å². The van der Waals surface area contributed by atoms with Crippen molar-refractivity contribution in [1.82, 2.24) is 15.2 Å². The van der Waals surface area contributed by atoms with Crippen molar-refractivity contribution in [2.45, 2.75) is 13.5 Å². The van der Waals surface area contributed by atoms with Crippen LogP contribution in [0.4, 0.5) is 4.39 Å². The van der Waals surface area contributed by atoms with Gasteiger partial charge < -0.3 is 15.0 Å². The fourth-order valence-electron chi connectivity index (χ4n) is 2.19. The normalized spacial score (nSPS) is 10.1. The predicted octanol–water partition coefficient (Wildman–Crippen LogP) is 1.54. The number of carbonyl (C=O) groups excluding carboxylic acids is 3. The van der Waals surface area contributed by atoms with Crippen LogP contribution < -0.4 is 5.32 Å². The molecule has 0 fully saturated rings. The zero-order valence-electron chi connectivity index (χ0n) is 14.9. The van der Waals surface area contributed by atoms with Gasteiger partial charge in [0.2, 0.25) is 5.91 Å². The van der Waals surface area contributed by atoms with E-state index in [0.717, 1.165) is 5.56 Å². The van der Waals surface area contributed by atoms with Gasteiger partial charge in [0.1, 0.15) is 5.82 Å². The first-order chi connectivity index (χ1) is 13.0. The maximum Gasteiger partial charge on any atom is 0.340 e. The Labute approximate surface area is 156 Å². The summed E-state index contributed by atoms with van der Waals surface area (Å²) >= 11 is 0. The van der Waals surface area contributed by atoms with Gasteiger partial charge in [0.15, 0.2) is 6.61 Å². The fraction of sp³-hybridized carbons (Fsp3) is 0.263. The van der Waals surface area contributed by atoms with Gasteiger partial charge in [-0.3, -0.25) is 14.6 Å². The van der Waals surface area contributed by atoms with Gasteiger partial charge in [0.05, 0.1) is 12.1 Å². The molecule has 0 aliphatic rings. The molecule has 0 saturated carbocycles. The van der Waals surface area contributed by atoms with Gasteiger partial charge in [-0.2, -0.15) is 0 Å². The minimum Gasteiger partial charge on any atom is -0.452 e. The zero-order valence-corrected chi connectivity index (χ0v) is 14.9. The Balaban J connectivity index is 1.78. The molecule has 2 rings (SSSR count). The van der Waals surface area contributed by atoms with Gasteiger partial charge in [-0.05, 0) is 36.8 Å². The lowest BCUT2D eigenvalue weighted by atomic mass is 10.2. The summed E-state index contributed by atoms with van der Waals surface area (Å²) in [6.07, 6.45) is 2.86. The van der Waals surface area contributed by atoms with E-state index in [0.29, 0.717) is 0 Å². The van der Waals surface area contributed by atoms with Crippen LogP contribution in [0.15, 0.2) is 48.8 Å². The molecule has 1 heterocycles. The summed E-state index contributed by atoms with van der Waals surface area (Å²) in [5, 5.41) is 2.66. The van der Waals surface area contributed by atoms with Crippen LogP contribution in [-0.4, -0.2) is 47.4 Å². The molecule has 27 heavy (non-hydrogen) atoms. The topological polar surface area (TPSA) is 88.6 Å². The lowest BCUT2D eigenvalue weighted by molar-refractivity contribution is -0.138. The molecule has 0 bridgehead atoms. The van der Waals surface area contributed by atoms with E-state index in [1.165, 1.54) is 35.5 Å². The van der Waals surface area contributed by atoms with E-state index in [4.69, 9.17) is 4.74 Å². The molecule has 0 unspecified atom stereocenters. The Hall–Kier alpha value is -3.29. The van der Waals surface area contributed by atoms with Gasteiger partial charge in [-0.15, -0.1) is 0 Å². The van der Waals surface area contributed by atoms with Crippen molar-refractivity contribution in [3.05, 3.63) is 65.7 Å². The number of hydrogen-bond donors (Lipinski definition) is 1. The van der Waals surface area contributed by atoms with Crippen molar-refractivity contribution in [2.24, 2.45) is 0 Å². The van der Waals surface area contributed by atoms with E-state index in [-0.39, 0.29) is 36.9 Å². The maximum atomic E-state index is 12.9. The Morgan fingerprint density at radius 3 is 2.56 bits per heavy atom. The molecule has 0 aliphatic heterocycles. The average molecular weight is 373 g/mol. The Morgan fingerprint density at radius 1 is 1.19 bits per heavy atom. The number of halogens is 1. The second-order valence-electron chi connectivity index (χ2n) is 5.63. The molecule has 1 aromatic heterocycles. The minimum absolute atomic E-state index is 0.166. The van der Waals surface area contributed by atoms with E-state index < -0.39 is 18.5 Å². The highest BCUT2D eigenvalue weighted by Crippen LogP contribution is 2.03. The number of nitrogens with zero attached hydrogens (tertiary/aromatic N) is 2. The fourth-order valence-corrected chi connectivity index (χ4v) is 2.19.